The molecular formula is C16H23BrN2. The zero-order chi connectivity index (χ0) is 13.2. The van der Waals surface area contributed by atoms with E-state index in [1.165, 1.54) is 54.5 Å². The normalized spacial score (nSPS) is 23.7. The van der Waals surface area contributed by atoms with Crippen LogP contribution in [-0.2, 0) is 6.54 Å². The second-order valence-electron chi connectivity index (χ2n) is 6.12. The number of benzene rings is 1. The van der Waals surface area contributed by atoms with Crippen LogP contribution in [0.5, 0.6) is 0 Å². The van der Waals surface area contributed by atoms with Crippen LogP contribution in [0.1, 0.15) is 38.2 Å². The van der Waals surface area contributed by atoms with Gasteiger partial charge in [0.15, 0.2) is 0 Å². The largest absolute Gasteiger partial charge is 0.371 e. The monoisotopic (exact) mass is 322 g/mol. The van der Waals surface area contributed by atoms with E-state index in [0.717, 1.165) is 18.5 Å². The van der Waals surface area contributed by atoms with Gasteiger partial charge in [-0.25, -0.2) is 0 Å². The van der Waals surface area contributed by atoms with Gasteiger partial charge in [0.2, 0.25) is 0 Å². The molecule has 1 aliphatic heterocycles. The summed E-state index contributed by atoms with van der Waals surface area (Å²) >= 11 is 3.61. The molecule has 2 aliphatic rings. The molecule has 0 bridgehead atoms. The Kier molecular flexibility index (Phi) is 4.13. The minimum atomic E-state index is 0.770. The zero-order valence-electron chi connectivity index (χ0n) is 11.7. The maximum atomic E-state index is 3.64. The zero-order valence-corrected chi connectivity index (χ0v) is 13.2. The minimum Gasteiger partial charge on any atom is -0.371 e. The molecule has 1 saturated heterocycles. The van der Waals surface area contributed by atoms with Crippen molar-refractivity contribution in [3.05, 3.63) is 28.2 Å². The van der Waals surface area contributed by atoms with Crippen LogP contribution in [0.4, 0.5) is 5.69 Å². The standard InChI is InChI=1S/C16H23BrN2/c1-12-3-2-8-19(11-12)16-7-4-14(17)9-13(16)10-18-15-5-6-15/h4,7,9,12,15,18H,2-3,5-6,8,10-11H2,1H3. The van der Waals surface area contributed by atoms with Crippen LogP contribution in [0.2, 0.25) is 0 Å². The summed E-state index contributed by atoms with van der Waals surface area (Å²) in [4.78, 5) is 2.57. The summed E-state index contributed by atoms with van der Waals surface area (Å²) in [6.07, 6.45) is 5.41. The molecule has 104 valence electrons. The molecule has 1 aliphatic carbocycles. The van der Waals surface area contributed by atoms with Gasteiger partial charge in [0.05, 0.1) is 0 Å². The van der Waals surface area contributed by atoms with E-state index >= 15 is 0 Å². The highest BCUT2D eigenvalue weighted by atomic mass is 79.9. The topological polar surface area (TPSA) is 15.3 Å². The summed E-state index contributed by atoms with van der Waals surface area (Å²) in [7, 11) is 0. The number of halogens is 1. The lowest BCUT2D eigenvalue weighted by Gasteiger charge is -2.34. The van der Waals surface area contributed by atoms with Crippen molar-refractivity contribution in [3.8, 4) is 0 Å². The molecule has 1 N–H and O–H groups in total. The molecule has 1 aromatic carbocycles. The molecule has 0 amide bonds. The lowest BCUT2D eigenvalue weighted by atomic mass is 9.99. The van der Waals surface area contributed by atoms with Gasteiger partial charge in [-0.1, -0.05) is 22.9 Å². The van der Waals surface area contributed by atoms with Crippen LogP contribution in [0, 0.1) is 5.92 Å². The summed E-state index contributed by atoms with van der Waals surface area (Å²) in [5, 5.41) is 3.64. The molecule has 3 rings (SSSR count). The molecule has 1 unspecified atom stereocenters. The van der Waals surface area contributed by atoms with Crippen LogP contribution in [0.25, 0.3) is 0 Å². The van der Waals surface area contributed by atoms with E-state index in [1.807, 2.05) is 0 Å². The fourth-order valence-electron chi connectivity index (χ4n) is 2.95. The SMILES string of the molecule is CC1CCCN(c2ccc(Br)cc2CNC2CC2)C1. The van der Waals surface area contributed by atoms with E-state index in [4.69, 9.17) is 0 Å². The Labute approximate surface area is 124 Å². The maximum Gasteiger partial charge on any atom is 0.0412 e. The Bertz CT molecular complexity index is 442. The fourth-order valence-corrected chi connectivity index (χ4v) is 3.36. The Morgan fingerprint density at radius 3 is 2.89 bits per heavy atom. The van der Waals surface area contributed by atoms with Gasteiger partial charge in [0, 0.05) is 35.8 Å². The first-order valence-electron chi connectivity index (χ1n) is 7.49. The summed E-state index contributed by atoms with van der Waals surface area (Å²) in [6, 6.07) is 7.51. The van der Waals surface area contributed by atoms with Crippen molar-refractivity contribution in [1.82, 2.24) is 5.32 Å². The van der Waals surface area contributed by atoms with Gasteiger partial charge >= 0.3 is 0 Å². The number of rotatable bonds is 4. The quantitative estimate of drug-likeness (QED) is 0.903. The van der Waals surface area contributed by atoms with Crippen molar-refractivity contribution >= 4 is 21.6 Å². The third-order valence-corrected chi connectivity index (χ3v) is 4.69. The summed E-state index contributed by atoms with van der Waals surface area (Å²) in [6.45, 7) is 5.79. The van der Waals surface area contributed by atoms with Crippen LogP contribution in [0.15, 0.2) is 22.7 Å². The molecule has 19 heavy (non-hydrogen) atoms. The molecule has 0 spiro atoms. The fraction of sp³-hybridized carbons (Fsp3) is 0.625. The van der Waals surface area contributed by atoms with Gasteiger partial charge in [0.25, 0.3) is 0 Å². The number of nitrogens with one attached hydrogen (secondary N) is 1. The van der Waals surface area contributed by atoms with Crippen LogP contribution in [0.3, 0.4) is 0 Å². The first-order chi connectivity index (χ1) is 9.22. The van der Waals surface area contributed by atoms with Crippen molar-refractivity contribution in [2.24, 2.45) is 5.92 Å². The highest BCUT2D eigenvalue weighted by Crippen LogP contribution is 2.29. The second kappa shape index (κ2) is 5.84. The van der Waals surface area contributed by atoms with Gasteiger partial charge in [-0.15, -0.1) is 0 Å². The van der Waals surface area contributed by atoms with E-state index in [0.29, 0.717) is 0 Å². The van der Waals surface area contributed by atoms with Gasteiger partial charge in [0.1, 0.15) is 0 Å². The molecule has 3 heteroatoms. The van der Waals surface area contributed by atoms with Crippen LogP contribution >= 0.6 is 15.9 Å². The van der Waals surface area contributed by atoms with Crippen LogP contribution in [-0.4, -0.2) is 19.1 Å². The lowest BCUT2D eigenvalue weighted by molar-refractivity contribution is 0.446. The van der Waals surface area contributed by atoms with Gasteiger partial charge in [-0.05, 0) is 55.4 Å². The average molecular weight is 323 g/mol. The first-order valence-corrected chi connectivity index (χ1v) is 8.28. The Hall–Kier alpha value is -0.540. The first kappa shape index (κ1) is 13.4. The van der Waals surface area contributed by atoms with Crippen molar-refractivity contribution in [2.45, 2.75) is 45.2 Å². The average Bonchev–Trinajstić information content (AvgIpc) is 3.20. The molecule has 2 nitrogen and oxygen atoms in total. The Balaban J connectivity index is 1.77. The molecule has 1 aromatic rings. The predicted molar refractivity (Wildman–Crippen MR) is 84.6 cm³/mol. The second-order valence-corrected chi connectivity index (χ2v) is 7.04. The highest BCUT2D eigenvalue weighted by molar-refractivity contribution is 9.10. The van der Waals surface area contributed by atoms with Crippen molar-refractivity contribution in [2.75, 3.05) is 18.0 Å². The third-order valence-electron chi connectivity index (χ3n) is 4.20. The number of hydrogen-bond donors (Lipinski definition) is 1. The molecule has 0 radical (unpaired) electrons. The molecule has 0 aromatic heterocycles. The van der Waals surface area contributed by atoms with Gasteiger partial charge < -0.3 is 10.2 Å². The van der Waals surface area contributed by atoms with Gasteiger partial charge in [-0.3, -0.25) is 0 Å². The molecule has 1 heterocycles. The van der Waals surface area contributed by atoms with Crippen molar-refractivity contribution in [3.63, 3.8) is 0 Å². The van der Waals surface area contributed by atoms with E-state index in [2.05, 4.69) is 51.3 Å². The van der Waals surface area contributed by atoms with Crippen LogP contribution < -0.4 is 10.2 Å². The van der Waals surface area contributed by atoms with E-state index in [-0.39, 0.29) is 0 Å². The molecule has 1 atom stereocenters. The number of nitrogens with zero attached hydrogens (tertiary/aromatic N) is 1. The summed E-state index contributed by atoms with van der Waals surface area (Å²) < 4.78 is 1.19. The number of hydrogen-bond acceptors (Lipinski definition) is 2. The Morgan fingerprint density at radius 2 is 2.16 bits per heavy atom. The van der Waals surface area contributed by atoms with Gasteiger partial charge in [-0.2, -0.15) is 0 Å². The number of piperidine rings is 1. The minimum absolute atomic E-state index is 0.770. The third kappa shape index (κ3) is 3.51. The Morgan fingerprint density at radius 1 is 1.32 bits per heavy atom. The van der Waals surface area contributed by atoms with E-state index in [9.17, 15) is 0 Å². The smallest absolute Gasteiger partial charge is 0.0412 e. The van der Waals surface area contributed by atoms with Crippen molar-refractivity contribution < 1.29 is 0 Å². The predicted octanol–water partition coefficient (Wildman–Crippen LogP) is 3.94. The van der Waals surface area contributed by atoms with E-state index in [1.54, 1.807) is 0 Å². The van der Waals surface area contributed by atoms with E-state index < -0.39 is 0 Å². The summed E-state index contributed by atoms with van der Waals surface area (Å²) in [5.41, 5.74) is 2.87. The lowest BCUT2D eigenvalue weighted by Crippen LogP contribution is -2.35. The molecule has 1 saturated carbocycles. The van der Waals surface area contributed by atoms with Crippen molar-refractivity contribution in [1.29, 1.82) is 0 Å². The number of anilines is 1. The molecule has 2 fully saturated rings. The summed E-state index contributed by atoms with van der Waals surface area (Å²) in [5.74, 6) is 0.821. The maximum absolute atomic E-state index is 3.64. The highest BCUT2D eigenvalue weighted by Gasteiger charge is 2.22. The molecular weight excluding hydrogens is 300 g/mol.